The van der Waals surface area contributed by atoms with Crippen molar-refractivity contribution >= 4 is 21.7 Å². The van der Waals surface area contributed by atoms with E-state index < -0.39 is 16.4 Å². The summed E-state index contributed by atoms with van der Waals surface area (Å²) in [5.41, 5.74) is 6.79. The predicted octanol–water partition coefficient (Wildman–Crippen LogP) is 2.44. The Bertz CT molecular complexity index is 964. The maximum absolute atomic E-state index is 12.2. The van der Waals surface area contributed by atoms with E-state index >= 15 is 0 Å². The Hall–Kier alpha value is -2.83. The number of guanidine groups is 1. The molecule has 0 heterocycles. The molecule has 164 valence electrons. The summed E-state index contributed by atoms with van der Waals surface area (Å²) in [6.07, 6.45) is -4.77. The highest BCUT2D eigenvalue weighted by Crippen LogP contribution is 2.23. The largest absolute Gasteiger partial charge is 0.573 e. The topological polar surface area (TPSA) is 115 Å². The molecule has 0 saturated carbocycles. The molecule has 0 atom stereocenters. The molecule has 2 rings (SSSR count). The zero-order valence-corrected chi connectivity index (χ0v) is 16.8. The van der Waals surface area contributed by atoms with Gasteiger partial charge in [0.05, 0.1) is 18.0 Å². The maximum atomic E-state index is 12.2. The SMILES string of the molecule is COCCNS(=O)(=O)c1cccc(CN=C(N)Nc2ccc(OC(F)(F)F)cc2)c1. The van der Waals surface area contributed by atoms with Gasteiger partial charge in [0.25, 0.3) is 0 Å². The predicted molar refractivity (Wildman–Crippen MR) is 106 cm³/mol. The van der Waals surface area contributed by atoms with Crippen LogP contribution in [0.15, 0.2) is 58.4 Å². The van der Waals surface area contributed by atoms with E-state index in [-0.39, 0.29) is 36.3 Å². The van der Waals surface area contributed by atoms with E-state index in [4.69, 9.17) is 10.5 Å². The fourth-order valence-corrected chi connectivity index (χ4v) is 3.36. The van der Waals surface area contributed by atoms with Gasteiger partial charge in [-0.25, -0.2) is 18.1 Å². The molecule has 0 saturated heterocycles. The van der Waals surface area contributed by atoms with Gasteiger partial charge in [0.2, 0.25) is 10.0 Å². The molecule has 0 aromatic heterocycles. The first-order valence-electron chi connectivity index (χ1n) is 8.59. The van der Waals surface area contributed by atoms with E-state index in [1.165, 1.54) is 31.4 Å². The second kappa shape index (κ2) is 10.3. The summed E-state index contributed by atoms with van der Waals surface area (Å²) >= 11 is 0. The second-order valence-electron chi connectivity index (χ2n) is 5.94. The van der Waals surface area contributed by atoms with Gasteiger partial charge in [-0.1, -0.05) is 12.1 Å². The molecule has 30 heavy (non-hydrogen) atoms. The van der Waals surface area contributed by atoms with Crippen molar-refractivity contribution in [1.29, 1.82) is 0 Å². The second-order valence-corrected chi connectivity index (χ2v) is 7.70. The summed E-state index contributed by atoms with van der Waals surface area (Å²) in [5, 5.41) is 2.73. The number of rotatable bonds is 9. The van der Waals surface area contributed by atoms with Crippen LogP contribution in [0.4, 0.5) is 18.9 Å². The molecule has 8 nitrogen and oxygen atoms in total. The fraction of sp³-hybridized carbons (Fsp3) is 0.278. The zero-order valence-electron chi connectivity index (χ0n) is 15.9. The van der Waals surface area contributed by atoms with Gasteiger partial charge in [0.15, 0.2) is 5.96 Å². The molecular formula is C18H21F3N4O4S. The molecule has 0 aliphatic rings. The molecule has 0 unspecified atom stereocenters. The summed E-state index contributed by atoms with van der Waals surface area (Å²) in [4.78, 5) is 4.19. The molecule has 4 N–H and O–H groups in total. The minimum atomic E-state index is -4.77. The van der Waals surface area contributed by atoms with Crippen molar-refractivity contribution in [3.05, 3.63) is 54.1 Å². The number of halogens is 3. The van der Waals surface area contributed by atoms with Crippen LogP contribution in [0.1, 0.15) is 5.56 Å². The van der Waals surface area contributed by atoms with Crippen molar-refractivity contribution in [2.75, 3.05) is 25.6 Å². The number of sulfonamides is 1. The van der Waals surface area contributed by atoms with Crippen molar-refractivity contribution in [2.24, 2.45) is 10.7 Å². The van der Waals surface area contributed by atoms with Crippen molar-refractivity contribution in [1.82, 2.24) is 4.72 Å². The van der Waals surface area contributed by atoms with Gasteiger partial charge in [-0.2, -0.15) is 0 Å². The van der Waals surface area contributed by atoms with Crippen molar-refractivity contribution in [3.8, 4) is 5.75 Å². The number of aliphatic imine (C=N–C) groups is 1. The number of alkyl halides is 3. The first kappa shape index (κ1) is 23.4. The average molecular weight is 446 g/mol. The Morgan fingerprint density at radius 3 is 2.50 bits per heavy atom. The fourth-order valence-electron chi connectivity index (χ4n) is 2.28. The van der Waals surface area contributed by atoms with Crippen molar-refractivity contribution in [3.63, 3.8) is 0 Å². The Morgan fingerprint density at radius 1 is 1.17 bits per heavy atom. The highest BCUT2D eigenvalue weighted by molar-refractivity contribution is 7.89. The van der Waals surface area contributed by atoms with Crippen LogP contribution >= 0.6 is 0 Å². The van der Waals surface area contributed by atoms with Crippen LogP contribution in [0.3, 0.4) is 0 Å². The number of nitrogens with two attached hydrogens (primary N) is 1. The number of methoxy groups -OCH3 is 1. The number of hydrogen-bond acceptors (Lipinski definition) is 5. The van der Waals surface area contributed by atoms with Crippen LogP contribution in [0.5, 0.6) is 5.75 Å². The molecule has 2 aromatic carbocycles. The molecule has 0 fully saturated rings. The highest BCUT2D eigenvalue weighted by atomic mass is 32.2. The lowest BCUT2D eigenvalue weighted by Gasteiger charge is -2.10. The third-order valence-corrected chi connectivity index (χ3v) is 5.06. The van der Waals surface area contributed by atoms with Crippen LogP contribution in [0, 0.1) is 0 Å². The van der Waals surface area contributed by atoms with Gasteiger partial charge in [-0.05, 0) is 42.0 Å². The minimum Gasteiger partial charge on any atom is -0.406 e. The zero-order chi connectivity index (χ0) is 22.2. The minimum absolute atomic E-state index is 0.00553. The van der Waals surface area contributed by atoms with Gasteiger partial charge in [-0.3, -0.25) is 0 Å². The summed E-state index contributed by atoms with van der Waals surface area (Å²) < 4.78 is 72.0. The Balaban J connectivity index is 1.98. The lowest BCUT2D eigenvalue weighted by molar-refractivity contribution is -0.274. The smallest absolute Gasteiger partial charge is 0.406 e. The van der Waals surface area contributed by atoms with E-state index in [2.05, 4.69) is 19.8 Å². The van der Waals surface area contributed by atoms with E-state index in [1.807, 2.05) is 0 Å². The third-order valence-electron chi connectivity index (χ3n) is 3.60. The number of nitrogens with one attached hydrogen (secondary N) is 2. The van der Waals surface area contributed by atoms with Gasteiger partial charge in [0, 0.05) is 19.3 Å². The molecule has 12 heteroatoms. The highest BCUT2D eigenvalue weighted by Gasteiger charge is 2.30. The first-order valence-corrected chi connectivity index (χ1v) is 10.1. The van der Waals surface area contributed by atoms with E-state index in [0.717, 1.165) is 12.1 Å². The molecule has 0 bridgehead atoms. The number of anilines is 1. The van der Waals surface area contributed by atoms with E-state index in [1.54, 1.807) is 12.1 Å². The number of benzene rings is 2. The average Bonchev–Trinajstić information content (AvgIpc) is 2.67. The van der Waals surface area contributed by atoms with Gasteiger partial charge < -0.3 is 20.5 Å². The Kier molecular flexibility index (Phi) is 8.03. The van der Waals surface area contributed by atoms with Crippen LogP contribution in [-0.4, -0.2) is 41.0 Å². The third kappa shape index (κ3) is 7.89. The molecule has 0 radical (unpaired) electrons. The van der Waals surface area contributed by atoms with E-state index in [0.29, 0.717) is 11.3 Å². The standard InChI is InChI=1S/C18H21F3N4O4S/c1-28-10-9-24-30(26,27)16-4-2-3-13(11-16)12-23-17(22)25-14-5-7-15(8-6-14)29-18(19,20)21/h2-8,11,24H,9-10,12H2,1H3,(H3,22,23,25). The maximum Gasteiger partial charge on any atom is 0.573 e. The summed E-state index contributed by atoms with van der Waals surface area (Å²) in [6, 6.07) is 11.2. The molecule has 0 amide bonds. The quantitative estimate of drug-likeness (QED) is 0.310. The van der Waals surface area contributed by atoms with Crippen LogP contribution in [-0.2, 0) is 21.3 Å². The van der Waals surface area contributed by atoms with Crippen LogP contribution in [0.2, 0.25) is 0 Å². The lowest BCUT2D eigenvalue weighted by atomic mass is 10.2. The van der Waals surface area contributed by atoms with Gasteiger partial charge >= 0.3 is 6.36 Å². The number of hydrogen-bond donors (Lipinski definition) is 3. The first-order chi connectivity index (χ1) is 14.1. The van der Waals surface area contributed by atoms with Gasteiger partial charge in [0.1, 0.15) is 5.75 Å². The summed E-state index contributed by atoms with van der Waals surface area (Å²) in [6.45, 7) is 0.481. The molecule has 0 aliphatic carbocycles. The van der Waals surface area contributed by atoms with Crippen molar-refractivity contribution < 1.29 is 31.1 Å². The van der Waals surface area contributed by atoms with Crippen LogP contribution in [0.25, 0.3) is 0 Å². The molecular weight excluding hydrogens is 425 g/mol. The Morgan fingerprint density at radius 2 is 1.87 bits per heavy atom. The monoisotopic (exact) mass is 446 g/mol. The number of nitrogens with zero attached hydrogens (tertiary/aromatic N) is 1. The van der Waals surface area contributed by atoms with Crippen LogP contribution < -0.4 is 20.5 Å². The molecule has 0 spiro atoms. The normalized spacial score (nSPS) is 12.6. The van der Waals surface area contributed by atoms with Gasteiger partial charge in [-0.15, -0.1) is 13.2 Å². The number of ether oxygens (including phenoxy) is 2. The summed E-state index contributed by atoms with van der Waals surface area (Å²) in [7, 11) is -2.21. The van der Waals surface area contributed by atoms with E-state index in [9.17, 15) is 21.6 Å². The Labute approximate surface area is 171 Å². The van der Waals surface area contributed by atoms with Crippen molar-refractivity contribution in [2.45, 2.75) is 17.8 Å². The molecule has 2 aromatic rings. The lowest BCUT2D eigenvalue weighted by Crippen LogP contribution is -2.27. The molecule has 0 aliphatic heterocycles. The summed E-state index contributed by atoms with van der Waals surface area (Å²) in [5.74, 6) is -0.355.